The lowest BCUT2D eigenvalue weighted by molar-refractivity contribution is -0.137. The molecule has 32 heavy (non-hydrogen) atoms. The molecule has 0 bridgehead atoms. The normalized spacial score (nSPS) is 15.8. The second-order valence-corrected chi connectivity index (χ2v) is 8.41. The van der Waals surface area contributed by atoms with E-state index in [1.807, 2.05) is 6.20 Å². The van der Waals surface area contributed by atoms with E-state index in [9.17, 15) is 23.1 Å². The smallest absolute Gasteiger partial charge is 0.388 e. The number of alkyl halides is 3. The zero-order valence-electron chi connectivity index (χ0n) is 17.3. The predicted octanol–water partition coefficient (Wildman–Crippen LogP) is 4.18. The van der Waals surface area contributed by atoms with Gasteiger partial charge in [-0.2, -0.15) is 18.3 Å². The number of aliphatic hydroxyl groups is 1. The third-order valence-electron chi connectivity index (χ3n) is 6.13. The Labute approximate surface area is 181 Å². The number of aryl methyl sites for hydroxylation is 1. The van der Waals surface area contributed by atoms with Crippen LogP contribution in [-0.2, 0) is 13.2 Å². The molecule has 4 aromatic rings. The molecule has 2 aromatic heterocycles. The number of carbonyl (C=O) groups is 1. The van der Waals surface area contributed by atoms with Crippen LogP contribution in [0.25, 0.3) is 27.6 Å². The van der Waals surface area contributed by atoms with Gasteiger partial charge in [0.1, 0.15) is 0 Å². The number of hydrogen-bond donors (Lipinski definition) is 2. The van der Waals surface area contributed by atoms with Gasteiger partial charge in [0, 0.05) is 41.8 Å². The maximum absolute atomic E-state index is 13.0. The summed E-state index contributed by atoms with van der Waals surface area (Å²) in [6, 6.07) is 10.1. The second-order valence-electron chi connectivity index (χ2n) is 8.41. The summed E-state index contributed by atoms with van der Waals surface area (Å²) in [4.78, 5) is 12.7. The van der Waals surface area contributed by atoms with Crippen molar-refractivity contribution in [3.05, 3.63) is 59.8 Å². The molecular weight excluding hydrogens is 421 g/mol. The molecule has 0 aliphatic heterocycles. The van der Waals surface area contributed by atoms with Crippen LogP contribution in [0.4, 0.5) is 13.2 Å². The number of aromatic nitrogens is 3. The lowest BCUT2D eigenvalue weighted by Gasteiger charge is -2.36. The van der Waals surface area contributed by atoms with E-state index in [0.717, 1.165) is 34.8 Å². The van der Waals surface area contributed by atoms with Crippen LogP contribution in [0.2, 0.25) is 0 Å². The summed E-state index contributed by atoms with van der Waals surface area (Å²) in [5.41, 5.74) is 0.766. The molecule has 0 saturated heterocycles. The Bertz CT molecular complexity index is 1330. The van der Waals surface area contributed by atoms with Crippen molar-refractivity contribution in [2.24, 2.45) is 7.05 Å². The summed E-state index contributed by atoms with van der Waals surface area (Å²) in [6.45, 7) is 0.207. The number of amides is 1. The van der Waals surface area contributed by atoms with Gasteiger partial charge in [0.2, 0.25) is 0 Å². The quantitative estimate of drug-likeness (QED) is 0.498. The van der Waals surface area contributed by atoms with Gasteiger partial charge in [0.25, 0.3) is 5.91 Å². The van der Waals surface area contributed by atoms with E-state index >= 15 is 0 Å². The fourth-order valence-electron chi connectivity index (χ4n) is 4.20. The van der Waals surface area contributed by atoms with Crippen LogP contribution in [-0.4, -0.2) is 37.5 Å². The second kappa shape index (κ2) is 7.09. The highest BCUT2D eigenvalue weighted by Crippen LogP contribution is 2.34. The number of halogens is 3. The molecule has 0 atom stereocenters. The number of benzene rings is 2. The minimum Gasteiger partial charge on any atom is -0.388 e. The van der Waals surface area contributed by atoms with Gasteiger partial charge in [-0.15, -0.1) is 0 Å². The SMILES string of the molecule is Cn1cc2c3cc(C(=O)NCC4(O)CCC4)ccc3n(-c3ccc(C(F)(F)F)cc3)c2n1. The Hall–Kier alpha value is -3.33. The molecule has 2 heterocycles. The number of carbonyl (C=O) groups excluding carboxylic acids is 1. The number of nitrogens with one attached hydrogen (secondary N) is 1. The Morgan fingerprint density at radius 2 is 1.88 bits per heavy atom. The first-order valence-corrected chi connectivity index (χ1v) is 10.3. The van der Waals surface area contributed by atoms with Crippen molar-refractivity contribution in [3.8, 4) is 5.69 Å². The average molecular weight is 442 g/mol. The molecule has 1 saturated carbocycles. The summed E-state index contributed by atoms with van der Waals surface area (Å²) in [5.74, 6) is -0.286. The summed E-state index contributed by atoms with van der Waals surface area (Å²) in [5, 5.41) is 19.1. The molecule has 1 amide bonds. The Kier molecular flexibility index (Phi) is 4.56. The highest BCUT2D eigenvalue weighted by molar-refractivity contribution is 6.10. The summed E-state index contributed by atoms with van der Waals surface area (Å²) in [7, 11) is 1.76. The standard InChI is InChI=1S/C23H21F3N4O2/c1-29-12-18-17-11-14(21(31)27-13-22(32)9-2-10-22)3-8-19(17)30(20(18)28-29)16-6-4-15(5-7-16)23(24,25)26/h3-8,11-12,32H,2,9-10,13H2,1H3,(H,27,31). The summed E-state index contributed by atoms with van der Waals surface area (Å²) >= 11 is 0. The van der Waals surface area contributed by atoms with E-state index in [2.05, 4.69) is 10.4 Å². The molecule has 6 nitrogen and oxygen atoms in total. The Morgan fingerprint density at radius 3 is 2.50 bits per heavy atom. The van der Waals surface area contributed by atoms with E-state index in [4.69, 9.17) is 0 Å². The molecule has 1 aliphatic rings. The fourth-order valence-corrected chi connectivity index (χ4v) is 4.20. The van der Waals surface area contributed by atoms with Crippen LogP contribution in [0, 0.1) is 0 Å². The first-order chi connectivity index (χ1) is 15.1. The molecule has 0 spiro atoms. The first kappa shape index (κ1) is 20.6. The topological polar surface area (TPSA) is 72.1 Å². The van der Waals surface area contributed by atoms with E-state index in [1.54, 1.807) is 34.5 Å². The Morgan fingerprint density at radius 1 is 1.16 bits per heavy atom. The Balaban J connectivity index is 1.56. The van der Waals surface area contributed by atoms with Crippen LogP contribution < -0.4 is 5.32 Å². The number of rotatable bonds is 4. The number of hydrogen-bond acceptors (Lipinski definition) is 3. The van der Waals surface area contributed by atoms with Crippen molar-refractivity contribution >= 4 is 27.8 Å². The lowest BCUT2D eigenvalue weighted by Crippen LogP contribution is -2.47. The van der Waals surface area contributed by atoms with Gasteiger partial charge in [-0.25, -0.2) is 0 Å². The third kappa shape index (κ3) is 3.42. The van der Waals surface area contributed by atoms with Crippen molar-refractivity contribution in [2.75, 3.05) is 6.54 Å². The molecule has 166 valence electrons. The highest BCUT2D eigenvalue weighted by Gasteiger charge is 2.34. The van der Waals surface area contributed by atoms with E-state index in [0.29, 0.717) is 29.7 Å². The van der Waals surface area contributed by atoms with Gasteiger partial charge in [-0.1, -0.05) is 0 Å². The number of fused-ring (bicyclic) bond motifs is 3. The predicted molar refractivity (Wildman–Crippen MR) is 114 cm³/mol. The summed E-state index contributed by atoms with van der Waals surface area (Å²) in [6.07, 6.45) is -0.282. The van der Waals surface area contributed by atoms with E-state index < -0.39 is 17.3 Å². The van der Waals surface area contributed by atoms with Gasteiger partial charge in [-0.3, -0.25) is 14.0 Å². The molecule has 1 aliphatic carbocycles. The maximum Gasteiger partial charge on any atom is 0.416 e. The van der Waals surface area contributed by atoms with Gasteiger partial charge < -0.3 is 10.4 Å². The van der Waals surface area contributed by atoms with Crippen molar-refractivity contribution in [1.29, 1.82) is 0 Å². The monoisotopic (exact) mass is 442 g/mol. The largest absolute Gasteiger partial charge is 0.416 e. The molecule has 2 aromatic carbocycles. The van der Waals surface area contributed by atoms with Crippen LogP contribution in [0.3, 0.4) is 0 Å². The van der Waals surface area contributed by atoms with Crippen LogP contribution in [0.5, 0.6) is 0 Å². The zero-order chi connectivity index (χ0) is 22.7. The molecule has 1 fully saturated rings. The maximum atomic E-state index is 13.0. The fraction of sp³-hybridized carbons (Fsp3) is 0.304. The van der Waals surface area contributed by atoms with Gasteiger partial charge >= 0.3 is 6.18 Å². The minimum absolute atomic E-state index is 0.207. The molecule has 0 unspecified atom stereocenters. The van der Waals surface area contributed by atoms with E-state index in [-0.39, 0.29) is 12.5 Å². The molecular formula is C23H21F3N4O2. The van der Waals surface area contributed by atoms with Crippen molar-refractivity contribution in [3.63, 3.8) is 0 Å². The van der Waals surface area contributed by atoms with Crippen molar-refractivity contribution in [1.82, 2.24) is 19.7 Å². The van der Waals surface area contributed by atoms with Crippen LogP contribution in [0.15, 0.2) is 48.7 Å². The minimum atomic E-state index is -4.41. The molecule has 5 rings (SSSR count). The first-order valence-electron chi connectivity index (χ1n) is 10.3. The summed E-state index contributed by atoms with van der Waals surface area (Å²) < 4.78 is 42.3. The van der Waals surface area contributed by atoms with Crippen LogP contribution >= 0.6 is 0 Å². The zero-order valence-corrected chi connectivity index (χ0v) is 17.3. The molecule has 9 heteroatoms. The lowest BCUT2D eigenvalue weighted by atomic mass is 9.80. The van der Waals surface area contributed by atoms with Crippen molar-refractivity contribution in [2.45, 2.75) is 31.0 Å². The molecule has 0 radical (unpaired) electrons. The molecule has 2 N–H and O–H groups in total. The third-order valence-corrected chi connectivity index (χ3v) is 6.13. The van der Waals surface area contributed by atoms with Crippen molar-refractivity contribution < 1.29 is 23.1 Å². The average Bonchev–Trinajstić information content (AvgIpc) is 3.24. The highest BCUT2D eigenvalue weighted by atomic mass is 19.4. The van der Waals surface area contributed by atoms with Gasteiger partial charge in [0.05, 0.1) is 16.7 Å². The van der Waals surface area contributed by atoms with Gasteiger partial charge in [0.15, 0.2) is 5.65 Å². The van der Waals surface area contributed by atoms with Crippen LogP contribution in [0.1, 0.15) is 35.2 Å². The number of nitrogens with zero attached hydrogens (tertiary/aromatic N) is 3. The van der Waals surface area contributed by atoms with E-state index in [1.165, 1.54) is 12.1 Å². The van der Waals surface area contributed by atoms with Gasteiger partial charge in [-0.05, 0) is 61.7 Å².